The maximum absolute atomic E-state index is 9.26. The van der Waals surface area contributed by atoms with E-state index in [9.17, 15) is 9.11 Å². The molecule has 0 amide bonds. The van der Waals surface area contributed by atoms with Gasteiger partial charge in [-0.1, -0.05) is 29.0 Å². The molecule has 0 saturated carbocycles. The van der Waals surface area contributed by atoms with Crippen molar-refractivity contribution in [2.45, 2.75) is 4.90 Å². The molecule has 2 N–H and O–H groups in total. The topological polar surface area (TPSA) is 52.8 Å². The van der Waals surface area contributed by atoms with Crippen LogP contribution in [0.1, 0.15) is 5.56 Å². The Bertz CT molecular complexity index is 322. The second-order valence-electron chi connectivity index (χ2n) is 2.22. The van der Waals surface area contributed by atoms with E-state index in [0.717, 1.165) is 0 Å². The lowest BCUT2D eigenvalue weighted by Gasteiger charge is -2.22. The van der Waals surface area contributed by atoms with Crippen LogP contribution in [0.3, 0.4) is 0 Å². The third-order valence-electron chi connectivity index (χ3n) is 1.48. The maximum Gasteiger partial charge on any atom is 0.120 e. The van der Waals surface area contributed by atoms with E-state index in [1.807, 2.05) is 6.07 Å². The largest absolute Gasteiger partial charge is 0.276 e. The van der Waals surface area contributed by atoms with E-state index < -0.39 is 10.8 Å². The normalized spacial score (nSPS) is 21.3. The molecule has 4 heteroatoms. The summed E-state index contributed by atoms with van der Waals surface area (Å²) in [5.41, 5.74) is 0.674. The van der Waals surface area contributed by atoms with Gasteiger partial charge in [-0.2, -0.15) is 4.40 Å². The molecule has 1 radical (unpaired) electrons. The summed E-state index contributed by atoms with van der Waals surface area (Å²) < 4.78 is 22.0. The molecular weight excluding hydrogens is 162 g/mol. The Morgan fingerprint density at radius 2 is 2.00 bits per heavy atom. The zero-order valence-corrected chi connectivity index (χ0v) is 6.38. The Kier molecular flexibility index (Phi) is 1.29. The molecule has 0 atom stereocenters. The minimum atomic E-state index is -2.89. The summed E-state index contributed by atoms with van der Waals surface area (Å²) in [5.74, 6) is 0. The van der Waals surface area contributed by atoms with Gasteiger partial charge in [0.25, 0.3) is 0 Å². The van der Waals surface area contributed by atoms with Crippen LogP contribution < -0.4 is 0 Å². The van der Waals surface area contributed by atoms with Crippen LogP contribution in [0.5, 0.6) is 0 Å². The molecule has 1 heterocycles. The molecule has 1 aliphatic rings. The molecular formula is C7H6NO2S. The van der Waals surface area contributed by atoms with Gasteiger partial charge in [0.2, 0.25) is 0 Å². The fraction of sp³-hybridized carbons (Fsp3) is 0. The molecule has 0 saturated heterocycles. The van der Waals surface area contributed by atoms with Crippen LogP contribution >= 0.6 is 10.8 Å². The fourth-order valence-corrected chi connectivity index (χ4v) is 1.95. The van der Waals surface area contributed by atoms with Crippen molar-refractivity contribution in [2.75, 3.05) is 0 Å². The molecule has 1 aromatic rings. The predicted octanol–water partition coefficient (Wildman–Crippen LogP) is 2.02. The molecule has 0 aromatic heterocycles. The quantitative estimate of drug-likeness (QED) is 0.622. The zero-order chi connectivity index (χ0) is 7.90. The number of hydrogen-bond acceptors (Lipinski definition) is 3. The number of benzene rings is 1. The number of nitrogens with zero attached hydrogens (tertiary/aromatic N) is 1. The zero-order valence-electron chi connectivity index (χ0n) is 5.56. The lowest BCUT2D eigenvalue weighted by molar-refractivity contribution is 0.491. The Morgan fingerprint density at radius 1 is 1.27 bits per heavy atom. The van der Waals surface area contributed by atoms with Crippen LogP contribution in [0.4, 0.5) is 0 Å². The fourth-order valence-electron chi connectivity index (χ4n) is 0.960. The second kappa shape index (κ2) is 2.07. The molecule has 0 bridgehead atoms. The molecule has 0 fully saturated rings. The van der Waals surface area contributed by atoms with E-state index in [4.69, 9.17) is 0 Å². The monoisotopic (exact) mass is 168 g/mol. The summed E-state index contributed by atoms with van der Waals surface area (Å²) in [5, 5.41) is 0. The van der Waals surface area contributed by atoms with Gasteiger partial charge in [-0.15, -0.1) is 0 Å². The van der Waals surface area contributed by atoms with Gasteiger partial charge in [0.15, 0.2) is 0 Å². The van der Waals surface area contributed by atoms with Crippen molar-refractivity contribution in [3.8, 4) is 0 Å². The Balaban J connectivity index is 2.64. The Labute approximate surface area is 65.9 Å². The summed E-state index contributed by atoms with van der Waals surface area (Å²) in [4.78, 5) is 0.472. The smallest absolute Gasteiger partial charge is 0.120 e. The first-order valence-electron chi connectivity index (χ1n) is 3.05. The molecule has 57 valence electrons. The highest BCUT2D eigenvalue weighted by Crippen LogP contribution is 2.53. The highest BCUT2D eigenvalue weighted by atomic mass is 32.3. The molecule has 3 nitrogen and oxygen atoms in total. The molecule has 1 aliphatic heterocycles. The van der Waals surface area contributed by atoms with Gasteiger partial charge < -0.3 is 0 Å². The van der Waals surface area contributed by atoms with Crippen LogP contribution in [-0.2, 0) is 0 Å². The van der Waals surface area contributed by atoms with Gasteiger partial charge in [-0.3, -0.25) is 9.11 Å². The Hall–Kier alpha value is -0.840. The molecule has 0 unspecified atom stereocenters. The number of fused-ring (bicyclic) bond motifs is 1. The van der Waals surface area contributed by atoms with E-state index >= 15 is 0 Å². The number of hydrogen-bond donors (Lipinski definition) is 2. The van der Waals surface area contributed by atoms with Crippen LogP contribution in [0, 0.1) is 0 Å². The minimum absolute atomic E-state index is 0.472. The molecule has 2 rings (SSSR count). The SMILES string of the molecule is OS1(O)N=[C]c2ccccc21. The molecule has 11 heavy (non-hydrogen) atoms. The molecule has 0 aliphatic carbocycles. The Morgan fingerprint density at radius 3 is 2.73 bits per heavy atom. The van der Waals surface area contributed by atoms with Crippen molar-refractivity contribution >= 4 is 17.0 Å². The van der Waals surface area contributed by atoms with E-state index in [1.165, 1.54) is 0 Å². The van der Waals surface area contributed by atoms with Gasteiger partial charge in [0, 0.05) is 5.56 Å². The third kappa shape index (κ3) is 0.956. The predicted molar refractivity (Wildman–Crippen MR) is 44.1 cm³/mol. The van der Waals surface area contributed by atoms with E-state index in [1.54, 1.807) is 18.2 Å². The van der Waals surface area contributed by atoms with Gasteiger partial charge >= 0.3 is 0 Å². The summed E-state index contributed by atoms with van der Waals surface area (Å²) >= 11 is 0. The van der Waals surface area contributed by atoms with Crippen LogP contribution in [0.15, 0.2) is 33.6 Å². The summed E-state index contributed by atoms with van der Waals surface area (Å²) in [6, 6.07) is 6.95. The second-order valence-corrected chi connectivity index (χ2v) is 3.88. The van der Waals surface area contributed by atoms with Gasteiger partial charge in [0.05, 0.1) is 4.90 Å². The standard InChI is InChI=1S/C7H6NO2S/c9-11(10)7-4-2-1-3-6(7)5-8-11/h1-4,9-10H. The van der Waals surface area contributed by atoms with Crippen LogP contribution in [0.2, 0.25) is 0 Å². The van der Waals surface area contributed by atoms with E-state index in [-0.39, 0.29) is 0 Å². The van der Waals surface area contributed by atoms with Gasteiger partial charge in [-0.05, 0) is 6.07 Å². The van der Waals surface area contributed by atoms with Crippen molar-refractivity contribution in [3.05, 3.63) is 29.8 Å². The maximum atomic E-state index is 9.26. The summed E-state index contributed by atoms with van der Waals surface area (Å²) in [7, 11) is -2.89. The first kappa shape index (κ1) is 6.84. The van der Waals surface area contributed by atoms with Gasteiger partial charge in [0.1, 0.15) is 6.21 Å². The number of rotatable bonds is 0. The summed E-state index contributed by atoms with van der Waals surface area (Å²) in [6.45, 7) is 0. The average molecular weight is 168 g/mol. The first-order chi connectivity index (χ1) is 5.20. The average Bonchev–Trinajstić information content (AvgIpc) is 2.29. The highest BCUT2D eigenvalue weighted by molar-refractivity contribution is 8.23. The lowest BCUT2D eigenvalue weighted by Crippen LogP contribution is -1.90. The minimum Gasteiger partial charge on any atom is -0.276 e. The molecule has 1 aromatic carbocycles. The van der Waals surface area contributed by atoms with E-state index in [2.05, 4.69) is 10.6 Å². The van der Waals surface area contributed by atoms with Crippen molar-refractivity contribution in [2.24, 2.45) is 4.40 Å². The third-order valence-corrected chi connectivity index (χ3v) is 2.77. The highest BCUT2D eigenvalue weighted by Gasteiger charge is 2.22. The van der Waals surface area contributed by atoms with Crippen LogP contribution in [0.25, 0.3) is 0 Å². The van der Waals surface area contributed by atoms with Crippen LogP contribution in [-0.4, -0.2) is 15.3 Å². The van der Waals surface area contributed by atoms with Crippen molar-refractivity contribution in [1.82, 2.24) is 0 Å². The van der Waals surface area contributed by atoms with Crippen molar-refractivity contribution < 1.29 is 9.11 Å². The van der Waals surface area contributed by atoms with E-state index in [0.29, 0.717) is 10.5 Å². The molecule has 0 spiro atoms. The van der Waals surface area contributed by atoms with Crippen molar-refractivity contribution in [3.63, 3.8) is 0 Å². The van der Waals surface area contributed by atoms with Crippen molar-refractivity contribution in [1.29, 1.82) is 0 Å². The first-order valence-corrected chi connectivity index (χ1v) is 4.56. The summed E-state index contributed by atoms with van der Waals surface area (Å²) in [6.07, 6.45) is 2.55. The lowest BCUT2D eigenvalue weighted by atomic mass is 10.2. The van der Waals surface area contributed by atoms with Gasteiger partial charge in [-0.25, -0.2) is 0 Å².